The van der Waals surface area contributed by atoms with Gasteiger partial charge in [0.15, 0.2) is 19.8 Å². The number of fused-ring (bicyclic) bond motifs is 1. The quantitative estimate of drug-likeness (QED) is 0.576. The van der Waals surface area contributed by atoms with Crippen molar-refractivity contribution in [2.45, 2.75) is 0 Å². The Labute approximate surface area is 97.9 Å². The highest BCUT2D eigenvalue weighted by molar-refractivity contribution is 7.23. The van der Waals surface area contributed by atoms with Crippen molar-refractivity contribution in [2.75, 3.05) is 25.3 Å². The molecule has 2 aromatic heterocycles. The van der Waals surface area contributed by atoms with Crippen LogP contribution in [0.5, 0.6) is 0 Å². The molecule has 0 atom stereocenters. The summed E-state index contributed by atoms with van der Waals surface area (Å²) < 4.78 is 16.5. The molecule has 9 heteroatoms. The third-order valence-electron chi connectivity index (χ3n) is 1.93. The lowest BCUT2D eigenvalue weighted by atomic mass is 10.5. The van der Waals surface area contributed by atoms with Crippen LogP contribution in [0.2, 0.25) is 0 Å². The van der Waals surface area contributed by atoms with Crippen molar-refractivity contribution in [3.63, 3.8) is 0 Å². The Balaban J connectivity index is 1.99. The number of nitrogens with two attached hydrogens (primary N) is 1. The van der Waals surface area contributed by atoms with Crippen LogP contribution in [0.15, 0.2) is 12.7 Å². The molecule has 17 heavy (non-hydrogen) atoms. The fourth-order valence-electron chi connectivity index (χ4n) is 1.22. The standard InChI is InChI=1S/C8H10N5O3P/c9-7-6-8(11-3-10-7)13(4-12-6)16-2-1-15-5-17-14/h3-4H,1-2,5H2,(H2,9,10,11). The fraction of sp³-hybridized carbons (Fsp3) is 0.375. The van der Waals surface area contributed by atoms with E-state index in [1.165, 1.54) is 17.4 Å². The minimum absolute atomic E-state index is 0.0448. The summed E-state index contributed by atoms with van der Waals surface area (Å²) in [6.45, 7) is 0.625. The first-order valence-electron chi connectivity index (χ1n) is 4.76. The lowest BCUT2D eigenvalue weighted by molar-refractivity contribution is 0.0570. The van der Waals surface area contributed by atoms with Crippen LogP contribution < -0.4 is 10.6 Å². The molecule has 2 aromatic rings. The molecule has 2 rings (SSSR count). The highest BCUT2D eigenvalue weighted by atomic mass is 31.1. The van der Waals surface area contributed by atoms with Gasteiger partial charge >= 0.3 is 0 Å². The van der Waals surface area contributed by atoms with E-state index in [1.54, 1.807) is 0 Å². The molecule has 0 radical (unpaired) electrons. The first kappa shape index (κ1) is 11.7. The summed E-state index contributed by atoms with van der Waals surface area (Å²) in [4.78, 5) is 17.2. The second kappa shape index (κ2) is 5.51. The zero-order valence-electron chi connectivity index (χ0n) is 8.81. The van der Waals surface area contributed by atoms with E-state index in [9.17, 15) is 4.57 Å². The van der Waals surface area contributed by atoms with Gasteiger partial charge in [0, 0.05) is 0 Å². The van der Waals surface area contributed by atoms with Gasteiger partial charge in [0.05, 0.1) is 6.61 Å². The lowest BCUT2D eigenvalue weighted by Gasteiger charge is -2.05. The number of ether oxygens (including phenoxy) is 1. The third-order valence-corrected chi connectivity index (χ3v) is 2.22. The van der Waals surface area contributed by atoms with Crippen molar-refractivity contribution in [3.8, 4) is 0 Å². The molecular weight excluding hydrogens is 245 g/mol. The molecule has 0 unspecified atom stereocenters. The highest BCUT2D eigenvalue weighted by Gasteiger charge is 2.07. The van der Waals surface area contributed by atoms with E-state index < -0.39 is 0 Å². The topological polar surface area (TPSA) is 105 Å². The SMILES string of the molecule is Nc1ncnc2c1ncn2OCCOCP=O. The molecular formula is C8H10N5O3P. The summed E-state index contributed by atoms with van der Waals surface area (Å²) in [5.74, 6) is 0.304. The number of aromatic nitrogens is 4. The summed E-state index contributed by atoms with van der Waals surface area (Å²) in [6.07, 6.45) is 2.96. The first-order chi connectivity index (χ1) is 8.33. The van der Waals surface area contributed by atoms with Crippen LogP contribution in [-0.4, -0.2) is 39.2 Å². The van der Waals surface area contributed by atoms with Crippen LogP contribution >= 0.6 is 8.46 Å². The van der Waals surface area contributed by atoms with Crippen LogP contribution in [0.4, 0.5) is 5.82 Å². The van der Waals surface area contributed by atoms with E-state index in [0.717, 1.165) is 0 Å². The number of hydrogen-bond donors (Lipinski definition) is 1. The Morgan fingerprint density at radius 2 is 2.24 bits per heavy atom. The maximum atomic E-state index is 10.1. The minimum atomic E-state index is -0.0448. The van der Waals surface area contributed by atoms with Crippen molar-refractivity contribution in [1.82, 2.24) is 19.7 Å². The van der Waals surface area contributed by atoms with Gasteiger partial charge in [0.1, 0.15) is 25.6 Å². The predicted molar refractivity (Wildman–Crippen MR) is 59.6 cm³/mol. The molecule has 0 aliphatic rings. The van der Waals surface area contributed by atoms with E-state index in [4.69, 9.17) is 15.3 Å². The second-order valence-corrected chi connectivity index (χ2v) is 3.52. The van der Waals surface area contributed by atoms with E-state index >= 15 is 0 Å². The monoisotopic (exact) mass is 255 g/mol. The Hall–Kier alpha value is -1.79. The summed E-state index contributed by atoms with van der Waals surface area (Å²) in [5.41, 5.74) is 6.61. The van der Waals surface area contributed by atoms with E-state index in [2.05, 4.69) is 15.0 Å². The Bertz CT molecular complexity index is 517. The molecule has 0 aliphatic heterocycles. The number of nitrogen functional groups attached to an aromatic ring is 1. The zero-order valence-corrected chi connectivity index (χ0v) is 9.71. The molecule has 0 amide bonds. The first-order valence-corrected chi connectivity index (χ1v) is 5.76. The van der Waals surface area contributed by atoms with Gasteiger partial charge in [-0.2, -0.15) is 4.73 Å². The van der Waals surface area contributed by atoms with Crippen molar-refractivity contribution in [2.24, 2.45) is 0 Å². The van der Waals surface area contributed by atoms with Gasteiger partial charge in [-0.3, -0.25) is 4.57 Å². The van der Waals surface area contributed by atoms with Gasteiger partial charge in [-0.15, -0.1) is 0 Å². The molecule has 90 valence electrons. The summed E-state index contributed by atoms with van der Waals surface area (Å²) in [7, 11) is -0.0448. The summed E-state index contributed by atoms with van der Waals surface area (Å²) in [5, 5.41) is 0. The number of anilines is 1. The second-order valence-electron chi connectivity index (χ2n) is 3.00. The molecule has 8 nitrogen and oxygen atoms in total. The Kier molecular flexibility index (Phi) is 3.79. The van der Waals surface area contributed by atoms with Gasteiger partial charge < -0.3 is 15.3 Å². The average molecular weight is 255 g/mol. The minimum Gasteiger partial charge on any atom is -0.408 e. The number of rotatable bonds is 6. The lowest BCUT2D eigenvalue weighted by Crippen LogP contribution is -2.16. The van der Waals surface area contributed by atoms with Crippen molar-refractivity contribution in [1.29, 1.82) is 0 Å². The molecule has 0 bridgehead atoms. The van der Waals surface area contributed by atoms with E-state index in [1.807, 2.05) is 0 Å². The third kappa shape index (κ3) is 2.66. The van der Waals surface area contributed by atoms with Crippen LogP contribution in [0.25, 0.3) is 11.2 Å². The van der Waals surface area contributed by atoms with Crippen LogP contribution in [0.3, 0.4) is 0 Å². The fourth-order valence-corrected chi connectivity index (χ4v) is 1.43. The molecule has 0 saturated heterocycles. The predicted octanol–water partition coefficient (Wildman–Crippen LogP) is 0.103. The zero-order chi connectivity index (χ0) is 12.1. The summed E-state index contributed by atoms with van der Waals surface area (Å²) >= 11 is 0. The Morgan fingerprint density at radius 3 is 3.06 bits per heavy atom. The highest BCUT2D eigenvalue weighted by Crippen LogP contribution is 2.12. The van der Waals surface area contributed by atoms with Gasteiger partial charge in [-0.05, 0) is 0 Å². The van der Waals surface area contributed by atoms with Crippen LogP contribution in [0.1, 0.15) is 0 Å². The van der Waals surface area contributed by atoms with Crippen molar-refractivity contribution < 1.29 is 14.1 Å². The number of hydrogen-bond acceptors (Lipinski definition) is 7. The molecule has 2 N–H and O–H groups in total. The largest absolute Gasteiger partial charge is 0.408 e. The molecule has 2 heterocycles. The van der Waals surface area contributed by atoms with Crippen LogP contribution in [-0.2, 0) is 9.30 Å². The summed E-state index contributed by atoms with van der Waals surface area (Å²) in [6, 6.07) is 0. The van der Waals surface area contributed by atoms with Gasteiger partial charge in [0.25, 0.3) is 0 Å². The molecule has 0 aliphatic carbocycles. The van der Waals surface area contributed by atoms with Gasteiger partial charge in [-0.1, -0.05) is 0 Å². The normalized spacial score (nSPS) is 11.1. The Morgan fingerprint density at radius 1 is 1.35 bits per heavy atom. The number of nitrogens with zero attached hydrogens (tertiary/aromatic N) is 4. The van der Waals surface area contributed by atoms with Gasteiger partial charge in [0.2, 0.25) is 5.65 Å². The molecule has 0 fully saturated rings. The molecule has 0 aromatic carbocycles. The maximum absolute atomic E-state index is 10.1. The average Bonchev–Trinajstić information content (AvgIpc) is 2.74. The van der Waals surface area contributed by atoms with E-state index in [0.29, 0.717) is 30.2 Å². The molecule has 0 spiro atoms. The maximum Gasteiger partial charge on any atom is 0.201 e. The number of imidazole rings is 1. The van der Waals surface area contributed by atoms with E-state index in [-0.39, 0.29) is 14.8 Å². The van der Waals surface area contributed by atoms with Crippen LogP contribution in [0, 0.1) is 0 Å². The van der Waals surface area contributed by atoms with Crippen molar-refractivity contribution in [3.05, 3.63) is 12.7 Å². The van der Waals surface area contributed by atoms with Crippen molar-refractivity contribution >= 4 is 25.4 Å². The molecule has 0 saturated carbocycles. The van der Waals surface area contributed by atoms with Gasteiger partial charge in [-0.25, -0.2) is 15.0 Å². The smallest absolute Gasteiger partial charge is 0.201 e.